The first-order valence-corrected chi connectivity index (χ1v) is 22.0. The number of hydrogen-bond donors (Lipinski definition) is 0. The van der Waals surface area contributed by atoms with Gasteiger partial charge in [0.1, 0.15) is 17.8 Å². The van der Waals surface area contributed by atoms with E-state index in [4.69, 9.17) is 14.2 Å². The van der Waals surface area contributed by atoms with Gasteiger partial charge >= 0.3 is 50.3 Å². The Morgan fingerprint density at radius 3 is 1.96 bits per heavy atom. The highest BCUT2D eigenvalue weighted by Gasteiger charge is 2.71. The summed E-state index contributed by atoms with van der Waals surface area (Å²) in [6.45, 7) is 2.56. The largest absolute Gasteiger partial charge is 0.743 e. The lowest BCUT2D eigenvalue weighted by atomic mass is 9.50. The molecule has 1 aliphatic heterocycles. The summed E-state index contributed by atoms with van der Waals surface area (Å²) in [4.78, 5) is 51.0. The van der Waals surface area contributed by atoms with Gasteiger partial charge in [-0.1, -0.05) is 36.4 Å². The van der Waals surface area contributed by atoms with E-state index in [0.717, 1.165) is 25.7 Å². The number of rotatable bonds is 11. The molecule has 2 aromatic carbocycles. The van der Waals surface area contributed by atoms with Gasteiger partial charge in [-0.15, -0.1) is 0 Å². The molecule has 15 heteroatoms. The number of alkyl halides is 2. The van der Waals surface area contributed by atoms with Crippen molar-refractivity contribution in [3.8, 4) is 0 Å². The highest BCUT2D eigenvalue weighted by atomic mass is 127. The predicted molar refractivity (Wildman–Crippen MR) is 180 cm³/mol. The van der Waals surface area contributed by atoms with E-state index in [1.54, 1.807) is 0 Å². The summed E-state index contributed by atoms with van der Waals surface area (Å²) in [5, 5.41) is -4.84. The fraction of sp³-hybridized carbons (Fsp3) is 0.590. The van der Waals surface area contributed by atoms with Crippen molar-refractivity contribution in [1.29, 1.82) is 0 Å². The third-order valence-electron chi connectivity index (χ3n) is 12.5. The molecule has 292 valence electrons. The average Bonchev–Trinajstić information content (AvgIpc) is 3.74. The first-order chi connectivity index (χ1) is 25.5. The van der Waals surface area contributed by atoms with E-state index in [1.807, 2.05) is 6.92 Å². The van der Waals surface area contributed by atoms with Crippen molar-refractivity contribution in [1.82, 2.24) is 0 Å². The zero-order chi connectivity index (χ0) is 38.6. The van der Waals surface area contributed by atoms with E-state index in [2.05, 4.69) is 65.4 Å². The fourth-order valence-electron chi connectivity index (χ4n) is 10.1. The zero-order valence-corrected chi connectivity index (χ0v) is 32.8. The summed E-state index contributed by atoms with van der Waals surface area (Å²) in [5.74, 6) is -3.60. The third-order valence-corrected chi connectivity index (χ3v) is 16.2. The molecule has 0 N–H and O–H groups in total. The van der Waals surface area contributed by atoms with Crippen LogP contribution in [-0.2, 0) is 48.2 Å². The Kier molecular flexibility index (Phi) is 10.9. The number of esters is 4. The molecule has 7 aliphatic rings. The average molecular weight is 885 g/mol. The van der Waals surface area contributed by atoms with Crippen molar-refractivity contribution in [2.45, 2.75) is 94.4 Å². The number of halogens is 3. The molecule has 0 radical (unpaired) electrons. The molecule has 6 aliphatic carbocycles. The van der Waals surface area contributed by atoms with Gasteiger partial charge in [-0.3, -0.25) is 19.2 Å². The maximum atomic E-state index is 13.7. The smallest absolute Gasteiger partial charge is 0.369 e. The number of ether oxygens (including phenoxy) is 4. The van der Waals surface area contributed by atoms with Crippen LogP contribution < -0.4 is 21.2 Å². The number of benzene rings is 2. The van der Waals surface area contributed by atoms with Crippen LogP contribution in [-0.4, -0.2) is 66.0 Å². The van der Waals surface area contributed by atoms with Crippen LogP contribution in [0.1, 0.15) is 65.2 Å². The number of carbonyl (C=O) groups is 4. The molecule has 7 unspecified atom stereocenters. The lowest BCUT2D eigenvalue weighted by Crippen LogP contribution is -3.61. The molecule has 11 nitrogen and oxygen atoms in total. The predicted octanol–water partition coefficient (Wildman–Crippen LogP) is 2.13. The lowest BCUT2D eigenvalue weighted by molar-refractivity contribution is -0.597. The minimum absolute atomic E-state index is 0.0287. The van der Waals surface area contributed by atoms with Crippen molar-refractivity contribution in [3.05, 3.63) is 67.8 Å². The van der Waals surface area contributed by atoms with Gasteiger partial charge in [0.25, 0.3) is 0 Å². The second-order valence-corrected chi connectivity index (χ2v) is 20.2. The van der Waals surface area contributed by atoms with E-state index in [0.29, 0.717) is 25.2 Å². The van der Waals surface area contributed by atoms with Crippen LogP contribution in [0.25, 0.3) is 0 Å². The highest BCUT2D eigenvalue weighted by molar-refractivity contribution is 7.86. The van der Waals surface area contributed by atoms with Crippen LogP contribution in [0.2, 0.25) is 0 Å². The second kappa shape index (κ2) is 15.1. The van der Waals surface area contributed by atoms with E-state index in [-0.39, 0.29) is 39.0 Å². The van der Waals surface area contributed by atoms with Crippen molar-refractivity contribution < 1.29 is 81.1 Å². The number of fused-ring (bicyclic) bond motifs is 1. The van der Waals surface area contributed by atoms with Crippen LogP contribution in [0.3, 0.4) is 0 Å². The Labute approximate surface area is 323 Å². The monoisotopic (exact) mass is 884 g/mol. The van der Waals surface area contributed by atoms with Crippen LogP contribution in [0.5, 0.6) is 0 Å². The van der Waals surface area contributed by atoms with Crippen LogP contribution in [0, 0.1) is 54.5 Å². The number of carbonyl (C=O) groups excluding carboxylic acids is 4. The van der Waals surface area contributed by atoms with Gasteiger partial charge in [-0.2, -0.15) is 8.78 Å². The molecule has 0 amide bonds. The Morgan fingerprint density at radius 2 is 1.43 bits per heavy atom. The molecule has 1 saturated heterocycles. The molecule has 7 fully saturated rings. The van der Waals surface area contributed by atoms with Crippen molar-refractivity contribution in [2.24, 2.45) is 47.3 Å². The summed E-state index contributed by atoms with van der Waals surface area (Å²) in [7, 11) is -6.07. The number of hydrogen-bond acceptors (Lipinski definition) is 11. The van der Waals surface area contributed by atoms with Crippen LogP contribution >= 0.6 is 0 Å². The molecule has 1 heterocycles. The van der Waals surface area contributed by atoms with Gasteiger partial charge in [-0.05, 0) is 100 Å². The van der Waals surface area contributed by atoms with E-state index >= 15 is 0 Å². The Balaban J connectivity index is 0.000000291. The molecule has 7 atom stereocenters. The molecule has 0 aromatic heterocycles. The van der Waals surface area contributed by atoms with E-state index in [9.17, 15) is 40.9 Å². The molecular formula is C39H43F2IO11S. The van der Waals surface area contributed by atoms with E-state index in [1.165, 1.54) is 13.6 Å². The Morgan fingerprint density at radius 1 is 0.889 bits per heavy atom. The minimum Gasteiger partial charge on any atom is -0.743 e. The minimum atomic E-state index is -6.07. The molecule has 2 aromatic rings. The lowest BCUT2D eigenvalue weighted by Gasteiger charge is -2.59. The fourth-order valence-corrected chi connectivity index (χ4v) is 12.8. The molecule has 6 saturated carbocycles. The third kappa shape index (κ3) is 7.52. The highest BCUT2D eigenvalue weighted by Crippen LogP contribution is 2.62. The van der Waals surface area contributed by atoms with Gasteiger partial charge in [0.05, 0.1) is 24.7 Å². The van der Waals surface area contributed by atoms with Gasteiger partial charge in [0.15, 0.2) is 23.4 Å². The standard InChI is InChI=1S/C27H34F2O11S.C12H10I/c1-11(27(28,29)41(34,35)36)37-18(30)3-4-19(31)38-22-17-10-16-20(24(32)39-23(16)22)21(17)25(33)40-26(2)14-6-12-5-13(8-14)9-15(26)7-12;1-3-7-11(8-4-1)13-12-9-5-2-6-10-12/h11-17,20-23H,3-10H2,1-2H3,(H,34,35,36);1-10H/q;+1/p-1. The first-order valence-electron chi connectivity index (χ1n) is 18.5. The van der Waals surface area contributed by atoms with E-state index < -0.39 is 93.8 Å². The van der Waals surface area contributed by atoms with Gasteiger partial charge in [0, 0.05) is 11.8 Å². The van der Waals surface area contributed by atoms with Crippen LogP contribution in [0.4, 0.5) is 8.78 Å². The zero-order valence-electron chi connectivity index (χ0n) is 29.8. The SMILES string of the molecule is CC(OC(=O)CCC(=O)OC1C2CC3C1OC(=O)C3C2C(=O)OC1(C)C2CC3CC(C2)CC1C3)C(F)(F)S(=O)(=O)[O-].c1ccc([I+]c2ccccc2)cc1. The summed E-state index contributed by atoms with van der Waals surface area (Å²) >= 11 is 0.0287. The summed E-state index contributed by atoms with van der Waals surface area (Å²) in [5.41, 5.74) is -0.597. The second-order valence-electron chi connectivity index (χ2n) is 15.7. The maximum absolute atomic E-state index is 13.7. The maximum Gasteiger partial charge on any atom is 0.369 e. The molecule has 9 rings (SSSR count). The Hall–Kier alpha value is -3.18. The normalized spacial score (nSPS) is 34.7. The Bertz CT molecular complexity index is 1790. The molecule has 6 bridgehead atoms. The van der Waals surface area contributed by atoms with Gasteiger partial charge in [-0.25, -0.2) is 8.42 Å². The summed E-state index contributed by atoms with van der Waals surface area (Å²) < 4.78 is 83.9. The topological polar surface area (TPSA) is 162 Å². The van der Waals surface area contributed by atoms with Gasteiger partial charge in [0.2, 0.25) is 0 Å². The van der Waals surface area contributed by atoms with Crippen molar-refractivity contribution in [3.63, 3.8) is 0 Å². The summed E-state index contributed by atoms with van der Waals surface area (Å²) in [6.07, 6.45) is 0.288. The van der Waals surface area contributed by atoms with Crippen molar-refractivity contribution in [2.75, 3.05) is 0 Å². The first kappa shape index (κ1) is 39.1. The molecule has 54 heavy (non-hydrogen) atoms. The van der Waals surface area contributed by atoms with Crippen LogP contribution in [0.15, 0.2) is 60.7 Å². The van der Waals surface area contributed by atoms with Crippen molar-refractivity contribution >= 4 is 34.0 Å². The molecular weight excluding hydrogens is 841 g/mol. The summed E-state index contributed by atoms with van der Waals surface area (Å²) in [6, 6.07) is 21.4. The molecule has 0 spiro atoms. The quantitative estimate of drug-likeness (QED) is 0.141. The van der Waals surface area contributed by atoms with Gasteiger partial charge < -0.3 is 23.5 Å².